The van der Waals surface area contributed by atoms with Crippen molar-refractivity contribution in [3.8, 4) is 0 Å². The van der Waals surface area contributed by atoms with E-state index in [2.05, 4.69) is 37.2 Å². The zero-order valence-electron chi connectivity index (χ0n) is 6.07. The van der Waals surface area contributed by atoms with Crippen LogP contribution >= 0.6 is 55.1 Å². The van der Waals surface area contributed by atoms with Gasteiger partial charge >= 0.3 is 0 Å². The molecule has 1 rings (SSSR count). The highest BCUT2D eigenvalue weighted by Crippen LogP contribution is 2.40. The van der Waals surface area contributed by atoms with Crippen LogP contribution < -0.4 is 5.32 Å². The van der Waals surface area contributed by atoms with E-state index in [1.165, 1.54) is 0 Å². The minimum Gasteiger partial charge on any atom is -0.326 e. The summed E-state index contributed by atoms with van der Waals surface area (Å²) < 4.78 is 1.34. The van der Waals surface area contributed by atoms with Crippen molar-refractivity contribution >= 4 is 67.2 Å². The number of anilines is 1. The van der Waals surface area contributed by atoms with Gasteiger partial charge in [0.15, 0.2) is 0 Å². The van der Waals surface area contributed by atoms with Crippen LogP contribution in [-0.2, 0) is 4.79 Å². The number of carbonyl (C=O) groups is 1. The summed E-state index contributed by atoms with van der Waals surface area (Å²) >= 11 is 18.2. The molecule has 0 fully saturated rings. The van der Waals surface area contributed by atoms with Gasteiger partial charge in [-0.05, 0) is 37.9 Å². The van der Waals surface area contributed by atoms with E-state index in [4.69, 9.17) is 23.2 Å². The van der Waals surface area contributed by atoms with E-state index in [-0.39, 0.29) is 0 Å². The Morgan fingerprint density at radius 3 is 2.38 bits per heavy atom. The maximum Gasteiger partial charge on any atom is 0.211 e. The monoisotopic (exact) mass is 345 g/mol. The molecule has 0 spiro atoms. The first-order chi connectivity index (χ1) is 6.07. The van der Waals surface area contributed by atoms with Crippen LogP contribution in [0.2, 0.25) is 10.0 Å². The average Bonchev–Trinajstić information content (AvgIpc) is 2.09. The van der Waals surface area contributed by atoms with Crippen LogP contribution in [0.4, 0.5) is 5.69 Å². The summed E-state index contributed by atoms with van der Waals surface area (Å²) in [6.45, 7) is 0. The van der Waals surface area contributed by atoms with Crippen LogP contribution in [0, 0.1) is 0 Å². The first-order valence-corrected chi connectivity index (χ1v) is 5.45. The van der Waals surface area contributed by atoms with Gasteiger partial charge in [-0.15, -0.1) is 0 Å². The minimum absolute atomic E-state index is 0.301. The predicted molar refractivity (Wildman–Crippen MR) is 61.5 cm³/mol. The number of carbonyl (C=O) groups excluding carboxylic acids is 1. The number of benzene rings is 1. The van der Waals surface area contributed by atoms with Crippen LogP contribution in [0.15, 0.2) is 15.0 Å². The predicted octanol–water partition coefficient (Wildman–Crippen LogP) is 4.09. The molecule has 0 aliphatic rings. The SMILES string of the molecule is O=CNc1c(Br)cc(Br)c(Cl)c1Cl. The number of nitrogens with one attached hydrogen (secondary N) is 1. The molecular weight excluding hydrogens is 345 g/mol. The molecule has 0 aliphatic carbocycles. The molecule has 1 N–H and O–H groups in total. The zero-order valence-corrected chi connectivity index (χ0v) is 10.8. The van der Waals surface area contributed by atoms with E-state index >= 15 is 0 Å². The topological polar surface area (TPSA) is 29.1 Å². The van der Waals surface area contributed by atoms with E-state index in [0.717, 1.165) is 0 Å². The highest BCUT2D eigenvalue weighted by molar-refractivity contribution is 9.11. The lowest BCUT2D eigenvalue weighted by Gasteiger charge is -2.08. The number of halogens is 4. The molecule has 0 unspecified atom stereocenters. The van der Waals surface area contributed by atoms with Crippen LogP contribution in [0.1, 0.15) is 0 Å². The molecule has 13 heavy (non-hydrogen) atoms. The Morgan fingerprint density at radius 2 is 1.85 bits per heavy atom. The van der Waals surface area contributed by atoms with Gasteiger partial charge in [0, 0.05) is 8.95 Å². The summed E-state index contributed by atoms with van der Waals surface area (Å²) in [4.78, 5) is 10.2. The third-order valence-electron chi connectivity index (χ3n) is 1.32. The van der Waals surface area contributed by atoms with Gasteiger partial charge in [-0.3, -0.25) is 4.79 Å². The number of amides is 1. The molecule has 1 amide bonds. The van der Waals surface area contributed by atoms with Gasteiger partial charge in [0.2, 0.25) is 6.41 Å². The van der Waals surface area contributed by atoms with Crippen LogP contribution in [0.25, 0.3) is 0 Å². The van der Waals surface area contributed by atoms with E-state index < -0.39 is 0 Å². The molecule has 0 saturated carbocycles. The molecule has 0 bridgehead atoms. The highest BCUT2D eigenvalue weighted by Gasteiger charge is 2.12. The fourth-order valence-electron chi connectivity index (χ4n) is 0.757. The maximum atomic E-state index is 10.2. The largest absolute Gasteiger partial charge is 0.326 e. The minimum atomic E-state index is 0.301. The average molecular weight is 348 g/mol. The van der Waals surface area contributed by atoms with Crippen LogP contribution in [0.3, 0.4) is 0 Å². The Hall–Kier alpha value is 0.230. The van der Waals surface area contributed by atoms with Crippen molar-refractivity contribution in [2.24, 2.45) is 0 Å². The quantitative estimate of drug-likeness (QED) is 0.487. The molecule has 0 aliphatic heterocycles. The first kappa shape index (κ1) is 11.3. The Morgan fingerprint density at radius 1 is 1.23 bits per heavy atom. The lowest BCUT2D eigenvalue weighted by molar-refractivity contribution is -0.105. The van der Waals surface area contributed by atoms with Crippen molar-refractivity contribution in [1.82, 2.24) is 0 Å². The van der Waals surface area contributed by atoms with Crippen molar-refractivity contribution < 1.29 is 4.79 Å². The molecule has 6 heteroatoms. The van der Waals surface area contributed by atoms with Crippen molar-refractivity contribution in [3.63, 3.8) is 0 Å². The summed E-state index contributed by atoms with van der Waals surface area (Å²) in [7, 11) is 0. The third kappa shape index (κ3) is 2.37. The summed E-state index contributed by atoms with van der Waals surface area (Å²) in [6.07, 6.45) is 0.538. The van der Waals surface area contributed by atoms with Crippen LogP contribution in [-0.4, -0.2) is 6.41 Å². The molecule has 0 heterocycles. The molecule has 70 valence electrons. The van der Waals surface area contributed by atoms with Gasteiger partial charge in [-0.2, -0.15) is 0 Å². The zero-order chi connectivity index (χ0) is 10.0. The van der Waals surface area contributed by atoms with Gasteiger partial charge in [-0.25, -0.2) is 0 Å². The normalized spacial score (nSPS) is 9.85. The van der Waals surface area contributed by atoms with Crippen molar-refractivity contribution in [2.45, 2.75) is 0 Å². The van der Waals surface area contributed by atoms with Crippen LogP contribution in [0.5, 0.6) is 0 Å². The summed E-state index contributed by atoms with van der Waals surface area (Å²) in [5.74, 6) is 0. The van der Waals surface area contributed by atoms with Gasteiger partial charge in [0.1, 0.15) is 0 Å². The van der Waals surface area contributed by atoms with Gasteiger partial charge in [-0.1, -0.05) is 23.2 Å². The molecule has 0 atom stereocenters. The fourth-order valence-corrected chi connectivity index (χ4v) is 2.67. The maximum absolute atomic E-state index is 10.2. The number of rotatable bonds is 2. The number of hydrogen-bond acceptors (Lipinski definition) is 1. The third-order valence-corrected chi connectivity index (χ3v) is 3.66. The highest BCUT2D eigenvalue weighted by atomic mass is 79.9. The molecule has 0 radical (unpaired) electrons. The van der Waals surface area contributed by atoms with Crippen molar-refractivity contribution in [2.75, 3.05) is 5.32 Å². The van der Waals surface area contributed by atoms with Crippen molar-refractivity contribution in [1.29, 1.82) is 0 Å². The Labute approximate surface area is 102 Å². The lowest BCUT2D eigenvalue weighted by Crippen LogP contribution is -1.96. The van der Waals surface area contributed by atoms with Crippen molar-refractivity contribution in [3.05, 3.63) is 25.1 Å². The molecule has 0 saturated heterocycles. The smallest absolute Gasteiger partial charge is 0.211 e. The summed E-state index contributed by atoms with van der Waals surface area (Å²) in [5.41, 5.74) is 0.463. The van der Waals surface area contributed by atoms with E-state index in [1.54, 1.807) is 6.07 Å². The summed E-state index contributed by atoms with van der Waals surface area (Å²) in [5, 5.41) is 3.12. The number of hydrogen-bond donors (Lipinski definition) is 1. The van der Waals surface area contributed by atoms with E-state index in [0.29, 0.717) is 31.1 Å². The molecular formula is C7H3Br2Cl2NO. The second-order valence-electron chi connectivity index (χ2n) is 2.11. The van der Waals surface area contributed by atoms with Gasteiger partial charge < -0.3 is 5.32 Å². The van der Waals surface area contributed by atoms with E-state index in [9.17, 15) is 4.79 Å². The second kappa shape index (κ2) is 4.64. The standard InChI is InChI=1S/C7H3Br2Cl2NO/c8-3-1-4(9)7(12-2-13)6(11)5(3)10/h1-2H,(H,12,13). The molecule has 2 nitrogen and oxygen atoms in total. The Kier molecular flexibility index (Phi) is 4.04. The van der Waals surface area contributed by atoms with E-state index in [1.807, 2.05) is 0 Å². The summed E-state index contributed by atoms with van der Waals surface area (Å²) in [6, 6.07) is 1.71. The second-order valence-corrected chi connectivity index (χ2v) is 4.57. The van der Waals surface area contributed by atoms with Gasteiger partial charge in [0.05, 0.1) is 15.7 Å². The first-order valence-electron chi connectivity index (χ1n) is 3.11. The Balaban J connectivity index is 3.34. The molecule has 0 aromatic heterocycles. The fraction of sp³-hybridized carbons (Fsp3) is 0. The molecule has 1 aromatic carbocycles. The Bertz CT molecular complexity index is 357. The van der Waals surface area contributed by atoms with Gasteiger partial charge in [0.25, 0.3) is 0 Å². The lowest BCUT2D eigenvalue weighted by atomic mass is 10.3. The molecule has 1 aromatic rings.